The average molecular weight is 280 g/mol. The number of hydrogen-bond donors (Lipinski definition) is 2. The molecule has 1 aliphatic heterocycles. The van der Waals surface area contributed by atoms with Crippen molar-refractivity contribution in [3.05, 3.63) is 29.8 Å². The van der Waals surface area contributed by atoms with Crippen LogP contribution in [0.1, 0.15) is 5.56 Å². The number of nitrogens with one attached hydrogen (secondary N) is 1. The summed E-state index contributed by atoms with van der Waals surface area (Å²) in [5.41, 5.74) is 1.59. The summed E-state index contributed by atoms with van der Waals surface area (Å²) >= 11 is 1.63. The van der Waals surface area contributed by atoms with Gasteiger partial charge < -0.3 is 10.4 Å². The zero-order valence-electron chi connectivity index (χ0n) is 10.6. The minimum atomic E-state index is -0.976. The lowest BCUT2D eigenvalue weighted by Gasteiger charge is -2.22. The van der Waals surface area contributed by atoms with E-state index in [-0.39, 0.29) is 6.03 Å². The Morgan fingerprint density at radius 2 is 2.21 bits per heavy atom. The molecule has 0 aliphatic carbocycles. The quantitative estimate of drug-likeness (QED) is 0.822. The van der Waals surface area contributed by atoms with E-state index in [0.717, 1.165) is 11.3 Å². The SMILES string of the molecule is CSCCNC(=O)N1c2ccccc2C[C@H]1C(=O)O. The molecule has 0 radical (unpaired) electrons. The Hall–Kier alpha value is -1.69. The fraction of sp³-hybridized carbons (Fsp3) is 0.385. The van der Waals surface area contributed by atoms with Crippen LogP contribution < -0.4 is 10.2 Å². The van der Waals surface area contributed by atoms with E-state index in [4.69, 9.17) is 0 Å². The van der Waals surface area contributed by atoms with E-state index in [1.165, 1.54) is 4.90 Å². The minimum absolute atomic E-state index is 0.341. The topological polar surface area (TPSA) is 69.6 Å². The van der Waals surface area contributed by atoms with E-state index >= 15 is 0 Å². The van der Waals surface area contributed by atoms with Gasteiger partial charge >= 0.3 is 12.0 Å². The molecule has 5 nitrogen and oxygen atoms in total. The maximum atomic E-state index is 12.1. The van der Waals surface area contributed by atoms with Gasteiger partial charge in [-0.3, -0.25) is 4.90 Å². The van der Waals surface area contributed by atoms with Crippen molar-refractivity contribution in [1.29, 1.82) is 0 Å². The molecule has 6 heteroatoms. The van der Waals surface area contributed by atoms with Crippen molar-refractivity contribution in [2.75, 3.05) is 23.5 Å². The number of hydrogen-bond acceptors (Lipinski definition) is 3. The third-order valence-electron chi connectivity index (χ3n) is 3.06. The molecule has 0 fully saturated rings. The minimum Gasteiger partial charge on any atom is -0.480 e. The number of thioether (sulfide) groups is 1. The fourth-order valence-corrected chi connectivity index (χ4v) is 2.49. The standard InChI is InChI=1S/C13H16N2O3S/c1-19-7-6-14-13(18)15-10-5-3-2-4-9(10)8-11(15)12(16)17/h2-5,11H,6-8H2,1H3,(H,14,18)(H,16,17)/t11-/m0/s1. The highest BCUT2D eigenvalue weighted by Crippen LogP contribution is 2.32. The Labute approximate surface area is 116 Å². The monoisotopic (exact) mass is 280 g/mol. The summed E-state index contributed by atoms with van der Waals surface area (Å²) in [6, 6.07) is 6.16. The number of aliphatic carboxylic acids is 1. The summed E-state index contributed by atoms with van der Waals surface area (Å²) in [5, 5.41) is 12.0. The van der Waals surface area contributed by atoms with Crippen molar-refractivity contribution in [3.63, 3.8) is 0 Å². The van der Waals surface area contributed by atoms with Crippen molar-refractivity contribution in [1.82, 2.24) is 5.32 Å². The number of carboxylic acid groups (broad SMARTS) is 1. The van der Waals surface area contributed by atoms with Gasteiger partial charge in [0.15, 0.2) is 0 Å². The second kappa shape index (κ2) is 5.97. The number of amides is 2. The van der Waals surface area contributed by atoms with E-state index in [2.05, 4.69) is 5.32 Å². The molecular weight excluding hydrogens is 264 g/mol. The van der Waals surface area contributed by atoms with Crippen LogP contribution in [0, 0.1) is 0 Å². The van der Waals surface area contributed by atoms with E-state index in [1.807, 2.05) is 24.5 Å². The number of urea groups is 1. The number of benzene rings is 1. The lowest BCUT2D eigenvalue weighted by atomic mass is 10.1. The molecule has 2 rings (SSSR count). The highest BCUT2D eigenvalue weighted by atomic mass is 32.2. The summed E-state index contributed by atoms with van der Waals surface area (Å²) in [4.78, 5) is 24.8. The van der Waals surface area contributed by atoms with Crippen molar-refractivity contribution < 1.29 is 14.7 Å². The fourth-order valence-electron chi connectivity index (χ4n) is 2.18. The molecule has 0 bridgehead atoms. The zero-order valence-corrected chi connectivity index (χ0v) is 11.4. The first-order valence-corrected chi connectivity index (χ1v) is 7.41. The smallest absolute Gasteiger partial charge is 0.327 e. The number of rotatable bonds is 4. The van der Waals surface area contributed by atoms with Gasteiger partial charge in [-0.05, 0) is 17.9 Å². The second-order valence-electron chi connectivity index (χ2n) is 4.28. The van der Waals surface area contributed by atoms with Crippen LogP contribution in [0.2, 0.25) is 0 Å². The molecule has 1 atom stereocenters. The van der Waals surface area contributed by atoms with E-state index in [9.17, 15) is 14.7 Å². The van der Waals surface area contributed by atoms with Crippen LogP contribution in [0.5, 0.6) is 0 Å². The van der Waals surface area contributed by atoms with Crippen LogP contribution in [0.4, 0.5) is 10.5 Å². The molecule has 2 amide bonds. The van der Waals surface area contributed by atoms with Crippen LogP contribution in [0.15, 0.2) is 24.3 Å². The predicted octanol–water partition coefficient (Wildman–Crippen LogP) is 1.57. The number of anilines is 1. The maximum absolute atomic E-state index is 12.1. The van der Waals surface area contributed by atoms with Gasteiger partial charge in [-0.2, -0.15) is 11.8 Å². The Bertz CT molecular complexity index is 493. The number of para-hydroxylation sites is 1. The molecule has 2 N–H and O–H groups in total. The third-order valence-corrected chi connectivity index (χ3v) is 3.67. The van der Waals surface area contributed by atoms with Gasteiger partial charge in [-0.15, -0.1) is 0 Å². The first-order valence-electron chi connectivity index (χ1n) is 6.02. The van der Waals surface area contributed by atoms with Crippen LogP contribution in [0.3, 0.4) is 0 Å². The Morgan fingerprint density at radius 3 is 2.89 bits per heavy atom. The van der Waals surface area contributed by atoms with Gasteiger partial charge in [0, 0.05) is 24.4 Å². The predicted molar refractivity (Wildman–Crippen MR) is 75.8 cm³/mol. The normalized spacial score (nSPS) is 17.1. The Morgan fingerprint density at radius 1 is 1.47 bits per heavy atom. The number of fused-ring (bicyclic) bond motifs is 1. The lowest BCUT2D eigenvalue weighted by Crippen LogP contribution is -2.48. The molecule has 19 heavy (non-hydrogen) atoms. The molecule has 1 aliphatic rings. The molecule has 0 saturated carbocycles. The van der Waals surface area contributed by atoms with Crippen molar-refractivity contribution in [2.24, 2.45) is 0 Å². The third kappa shape index (κ3) is 2.84. The van der Waals surface area contributed by atoms with Crippen LogP contribution in [0.25, 0.3) is 0 Å². The molecule has 1 aromatic rings. The molecule has 0 unspecified atom stereocenters. The van der Waals surface area contributed by atoms with Crippen LogP contribution in [-0.2, 0) is 11.2 Å². The summed E-state index contributed by atoms with van der Waals surface area (Å²) < 4.78 is 0. The van der Waals surface area contributed by atoms with Gasteiger partial charge in [0.05, 0.1) is 0 Å². The lowest BCUT2D eigenvalue weighted by molar-refractivity contribution is -0.138. The van der Waals surface area contributed by atoms with Gasteiger partial charge in [0.2, 0.25) is 0 Å². The number of carbonyl (C=O) groups is 2. The molecule has 1 heterocycles. The number of carbonyl (C=O) groups excluding carboxylic acids is 1. The summed E-state index contributed by atoms with van der Waals surface area (Å²) in [7, 11) is 0. The molecule has 1 aromatic carbocycles. The van der Waals surface area contributed by atoms with E-state index in [1.54, 1.807) is 17.8 Å². The molecule has 0 spiro atoms. The number of carboxylic acids is 1. The molecule has 0 saturated heterocycles. The largest absolute Gasteiger partial charge is 0.480 e. The summed E-state index contributed by atoms with van der Waals surface area (Å²) in [5.74, 6) is -0.171. The van der Waals surface area contributed by atoms with Crippen LogP contribution >= 0.6 is 11.8 Å². The highest BCUT2D eigenvalue weighted by molar-refractivity contribution is 7.98. The summed E-state index contributed by atoms with van der Waals surface area (Å²) in [6.07, 6.45) is 2.32. The first kappa shape index (κ1) is 13.7. The van der Waals surface area contributed by atoms with Crippen LogP contribution in [-0.4, -0.2) is 41.7 Å². The van der Waals surface area contributed by atoms with E-state index < -0.39 is 12.0 Å². The van der Waals surface area contributed by atoms with Crippen molar-refractivity contribution in [3.8, 4) is 0 Å². The summed E-state index contributed by atoms with van der Waals surface area (Å²) in [6.45, 7) is 0.533. The molecule has 102 valence electrons. The Kier molecular flexibility index (Phi) is 4.31. The van der Waals surface area contributed by atoms with Gasteiger partial charge in [0.25, 0.3) is 0 Å². The van der Waals surface area contributed by atoms with Gasteiger partial charge in [-0.25, -0.2) is 9.59 Å². The van der Waals surface area contributed by atoms with Gasteiger partial charge in [0.1, 0.15) is 6.04 Å². The molecule has 0 aromatic heterocycles. The number of nitrogens with zero attached hydrogens (tertiary/aromatic N) is 1. The maximum Gasteiger partial charge on any atom is 0.327 e. The average Bonchev–Trinajstić information content (AvgIpc) is 2.78. The van der Waals surface area contributed by atoms with Crippen molar-refractivity contribution in [2.45, 2.75) is 12.5 Å². The van der Waals surface area contributed by atoms with E-state index in [0.29, 0.717) is 18.7 Å². The van der Waals surface area contributed by atoms with Crippen molar-refractivity contribution >= 4 is 29.4 Å². The first-order chi connectivity index (χ1) is 9.15. The Balaban J connectivity index is 2.19. The van der Waals surface area contributed by atoms with Gasteiger partial charge in [-0.1, -0.05) is 18.2 Å². The zero-order chi connectivity index (χ0) is 13.8. The molecular formula is C13H16N2O3S. The second-order valence-corrected chi connectivity index (χ2v) is 5.27. The highest BCUT2D eigenvalue weighted by Gasteiger charge is 2.38.